The fraction of sp³-hybridized carbons (Fsp3) is 0.353. The van der Waals surface area contributed by atoms with Crippen molar-refractivity contribution in [3.8, 4) is 17.0 Å². The first-order valence-electron chi connectivity index (χ1n) is 8.22. The van der Waals surface area contributed by atoms with Crippen molar-refractivity contribution in [3.63, 3.8) is 0 Å². The van der Waals surface area contributed by atoms with Gasteiger partial charge in [0.15, 0.2) is 5.82 Å². The maximum absolute atomic E-state index is 11.4. The van der Waals surface area contributed by atoms with Crippen molar-refractivity contribution in [2.24, 2.45) is 0 Å². The van der Waals surface area contributed by atoms with E-state index in [9.17, 15) is 15.0 Å². The summed E-state index contributed by atoms with van der Waals surface area (Å²) in [4.78, 5) is 15.1. The van der Waals surface area contributed by atoms with Crippen LogP contribution < -0.4 is 10.6 Å². The third-order valence-electron chi connectivity index (χ3n) is 5.03. The predicted octanol–water partition coefficient (Wildman–Crippen LogP) is 1.76. The van der Waals surface area contributed by atoms with Crippen LogP contribution in [0.5, 0.6) is 5.75 Å². The Bertz CT molecular complexity index is 814. The van der Waals surface area contributed by atoms with Crippen LogP contribution in [0.25, 0.3) is 11.3 Å². The topological polar surface area (TPSA) is 116 Å². The number of aromatic nitrogens is 2. The Labute approximate surface area is 144 Å². The van der Waals surface area contributed by atoms with E-state index >= 15 is 0 Å². The second kappa shape index (κ2) is 5.80. The molecule has 1 aromatic heterocycles. The number of nitrogens with zero attached hydrogens (tertiary/aromatic N) is 4. The number of amides is 1. The number of phenols is 1. The van der Waals surface area contributed by atoms with Crippen LogP contribution in [0.15, 0.2) is 30.3 Å². The van der Waals surface area contributed by atoms with Crippen molar-refractivity contribution in [2.75, 3.05) is 23.7 Å². The van der Waals surface area contributed by atoms with Crippen LogP contribution in [0, 0.1) is 0 Å². The highest BCUT2D eigenvalue weighted by Gasteiger charge is 2.43. The van der Waals surface area contributed by atoms with Gasteiger partial charge in [0.05, 0.1) is 23.5 Å². The van der Waals surface area contributed by atoms with E-state index < -0.39 is 6.09 Å². The van der Waals surface area contributed by atoms with Gasteiger partial charge in [-0.05, 0) is 31.0 Å². The summed E-state index contributed by atoms with van der Waals surface area (Å²) < 4.78 is 0. The smallest absolute Gasteiger partial charge is 0.407 e. The van der Waals surface area contributed by atoms with Crippen LogP contribution >= 0.6 is 0 Å². The molecule has 4 N–H and O–H groups in total. The lowest BCUT2D eigenvalue weighted by atomic mass is 10.1. The molecule has 2 saturated heterocycles. The lowest BCUT2D eigenvalue weighted by Gasteiger charge is -2.40. The highest BCUT2D eigenvalue weighted by Crippen LogP contribution is 2.36. The van der Waals surface area contributed by atoms with Crippen molar-refractivity contribution in [3.05, 3.63) is 30.3 Å². The third kappa shape index (κ3) is 2.59. The second-order valence-electron chi connectivity index (χ2n) is 6.50. The summed E-state index contributed by atoms with van der Waals surface area (Å²) in [7, 11) is 0. The summed E-state index contributed by atoms with van der Waals surface area (Å²) in [5.41, 5.74) is 7.89. The molecule has 8 nitrogen and oxygen atoms in total. The van der Waals surface area contributed by atoms with Crippen molar-refractivity contribution in [1.82, 2.24) is 15.1 Å². The first kappa shape index (κ1) is 15.5. The summed E-state index contributed by atoms with van der Waals surface area (Å²) in [6, 6.07) is 8.68. The number of nitrogens with two attached hydrogens (primary N) is 1. The van der Waals surface area contributed by atoms with Gasteiger partial charge in [0, 0.05) is 18.7 Å². The van der Waals surface area contributed by atoms with Crippen molar-refractivity contribution < 1.29 is 15.0 Å². The van der Waals surface area contributed by atoms with Crippen LogP contribution in [0.4, 0.5) is 16.3 Å². The molecule has 0 aliphatic carbocycles. The Balaban J connectivity index is 1.67. The molecule has 1 aromatic carbocycles. The number of nitrogen functional groups attached to an aromatic ring is 1. The largest absolute Gasteiger partial charge is 0.507 e. The molecule has 8 heteroatoms. The number of rotatable bonds is 2. The van der Waals surface area contributed by atoms with Crippen molar-refractivity contribution >= 4 is 17.6 Å². The summed E-state index contributed by atoms with van der Waals surface area (Å²) in [6.45, 7) is 1.16. The SMILES string of the molecule is Nc1nnc(-c2ccccc2O)cc1N1CC2CCC(C1)N2C(=O)O. The van der Waals surface area contributed by atoms with E-state index in [-0.39, 0.29) is 17.8 Å². The summed E-state index contributed by atoms with van der Waals surface area (Å²) in [5, 5.41) is 27.6. The third-order valence-corrected chi connectivity index (χ3v) is 5.03. The van der Waals surface area contributed by atoms with Crippen LogP contribution in [-0.4, -0.2) is 56.6 Å². The first-order chi connectivity index (χ1) is 12.0. The Hall–Kier alpha value is -3.03. The summed E-state index contributed by atoms with van der Waals surface area (Å²) >= 11 is 0. The Morgan fingerprint density at radius 3 is 2.48 bits per heavy atom. The molecule has 2 aliphatic rings. The molecular formula is C17H19N5O3. The van der Waals surface area contributed by atoms with Gasteiger partial charge in [0.25, 0.3) is 0 Å². The Morgan fingerprint density at radius 1 is 1.16 bits per heavy atom. The average Bonchev–Trinajstić information content (AvgIpc) is 2.87. The van der Waals surface area contributed by atoms with Gasteiger partial charge in [-0.2, -0.15) is 0 Å². The molecule has 0 saturated carbocycles. The minimum Gasteiger partial charge on any atom is -0.507 e. The number of piperazine rings is 1. The van der Waals surface area contributed by atoms with Gasteiger partial charge < -0.3 is 20.8 Å². The molecule has 2 aliphatic heterocycles. The average molecular weight is 341 g/mol. The zero-order valence-electron chi connectivity index (χ0n) is 13.5. The van der Waals surface area contributed by atoms with E-state index in [4.69, 9.17) is 5.73 Å². The summed E-state index contributed by atoms with van der Waals surface area (Å²) in [6.07, 6.45) is 0.860. The number of anilines is 2. The number of carbonyl (C=O) groups is 1. The van der Waals surface area contributed by atoms with E-state index in [2.05, 4.69) is 15.1 Å². The van der Waals surface area contributed by atoms with E-state index in [1.54, 1.807) is 23.1 Å². The molecule has 0 radical (unpaired) electrons. The van der Waals surface area contributed by atoms with Gasteiger partial charge in [-0.1, -0.05) is 12.1 Å². The van der Waals surface area contributed by atoms with Gasteiger partial charge in [-0.25, -0.2) is 4.79 Å². The van der Waals surface area contributed by atoms with E-state index in [0.717, 1.165) is 18.5 Å². The minimum absolute atomic E-state index is 0.0302. The van der Waals surface area contributed by atoms with Crippen LogP contribution in [0.3, 0.4) is 0 Å². The molecule has 4 rings (SSSR count). The molecule has 2 unspecified atom stereocenters. The highest BCUT2D eigenvalue weighted by atomic mass is 16.4. The van der Waals surface area contributed by atoms with Crippen LogP contribution in [-0.2, 0) is 0 Å². The fourth-order valence-electron chi connectivity index (χ4n) is 3.88. The molecule has 1 amide bonds. The number of hydrogen-bond donors (Lipinski definition) is 3. The number of phenolic OH excluding ortho intramolecular Hbond substituents is 1. The predicted molar refractivity (Wildman–Crippen MR) is 92.4 cm³/mol. The number of carboxylic acid groups (broad SMARTS) is 1. The van der Waals surface area contributed by atoms with E-state index in [1.807, 2.05) is 12.1 Å². The lowest BCUT2D eigenvalue weighted by Crippen LogP contribution is -2.55. The quantitative estimate of drug-likeness (QED) is 0.762. The van der Waals surface area contributed by atoms with Gasteiger partial charge in [-0.15, -0.1) is 10.2 Å². The zero-order valence-corrected chi connectivity index (χ0v) is 13.5. The fourth-order valence-corrected chi connectivity index (χ4v) is 3.88. The van der Waals surface area contributed by atoms with E-state index in [1.165, 1.54) is 0 Å². The maximum atomic E-state index is 11.4. The molecule has 2 fully saturated rings. The molecular weight excluding hydrogens is 322 g/mol. The molecule has 3 heterocycles. The highest BCUT2D eigenvalue weighted by molar-refractivity contribution is 5.74. The van der Waals surface area contributed by atoms with Gasteiger partial charge in [0.2, 0.25) is 0 Å². The van der Waals surface area contributed by atoms with E-state index in [0.29, 0.717) is 30.2 Å². The molecule has 130 valence electrons. The summed E-state index contributed by atoms with van der Waals surface area (Å²) in [5.74, 6) is 0.436. The van der Waals surface area contributed by atoms with Crippen molar-refractivity contribution in [1.29, 1.82) is 0 Å². The van der Waals surface area contributed by atoms with Gasteiger partial charge in [0.1, 0.15) is 5.75 Å². The maximum Gasteiger partial charge on any atom is 0.407 e. The normalized spacial score (nSPS) is 22.2. The van der Waals surface area contributed by atoms with Crippen LogP contribution in [0.2, 0.25) is 0 Å². The van der Waals surface area contributed by atoms with Crippen LogP contribution in [0.1, 0.15) is 12.8 Å². The lowest BCUT2D eigenvalue weighted by molar-refractivity contribution is 0.115. The number of fused-ring (bicyclic) bond motifs is 2. The second-order valence-corrected chi connectivity index (χ2v) is 6.50. The molecule has 0 spiro atoms. The first-order valence-corrected chi connectivity index (χ1v) is 8.22. The zero-order chi connectivity index (χ0) is 17.6. The van der Waals surface area contributed by atoms with Gasteiger partial charge in [-0.3, -0.25) is 4.90 Å². The molecule has 2 aromatic rings. The molecule has 2 bridgehead atoms. The number of hydrogen-bond acceptors (Lipinski definition) is 6. The molecule has 25 heavy (non-hydrogen) atoms. The Kier molecular flexibility index (Phi) is 3.60. The monoisotopic (exact) mass is 341 g/mol. The Morgan fingerprint density at radius 2 is 1.84 bits per heavy atom. The van der Waals surface area contributed by atoms with Crippen molar-refractivity contribution in [2.45, 2.75) is 24.9 Å². The number of para-hydroxylation sites is 1. The number of aromatic hydroxyl groups is 1. The number of benzene rings is 1. The standard InChI is InChI=1S/C17H19N5O3/c18-16-14(7-13(19-20-16)12-3-1-2-4-15(12)23)21-8-10-5-6-11(9-21)22(10)17(24)25/h1-4,7,10-11,23H,5-6,8-9H2,(H2,18,20)(H,24,25). The minimum atomic E-state index is -0.858. The molecule has 2 atom stereocenters. The van der Waals surface area contributed by atoms with Gasteiger partial charge >= 0.3 is 6.09 Å².